The van der Waals surface area contributed by atoms with Crippen molar-refractivity contribution < 1.29 is 5.11 Å². The Morgan fingerprint density at radius 2 is 1.92 bits per heavy atom. The van der Waals surface area contributed by atoms with Crippen molar-refractivity contribution in [2.24, 2.45) is 11.8 Å². The second-order valence-electron chi connectivity index (χ2n) is 4.43. The molecule has 2 nitrogen and oxygen atoms in total. The van der Waals surface area contributed by atoms with Crippen LogP contribution in [0.2, 0.25) is 0 Å². The van der Waals surface area contributed by atoms with Crippen LogP contribution in [0, 0.1) is 11.8 Å². The summed E-state index contributed by atoms with van der Waals surface area (Å²) in [5.74, 6) is 1.56. The van der Waals surface area contributed by atoms with Gasteiger partial charge in [-0.3, -0.25) is 4.90 Å². The fraction of sp³-hybridized carbons (Fsp3) is 0.818. The van der Waals surface area contributed by atoms with Crippen LogP contribution in [-0.4, -0.2) is 35.7 Å². The van der Waals surface area contributed by atoms with E-state index in [1.807, 2.05) is 0 Å². The lowest BCUT2D eigenvalue weighted by Gasteiger charge is -2.14. The van der Waals surface area contributed by atoms with Crippen molar-refractivity contribution in [3.63, 3.8) is 0 Å². The fourth-order valence-electron chi connectivity index (χ4n) is 2.77. The number of nitrogens with zero attached hydrogens (tertiary/aromatic N) is 1. The number of aliphatic hydroxyl groups is 1. The molecule has 2 rings (SSSR count). The molecule has 1 saturated heterocycles. The number of fused-ring (bicyclic) bond motifs is 1. The molecule has 0 aromatic rings. The van der Waals surface area contributed by atoms with Crippen molar-refractivity contribution in [2.75, 3.05) is 19.6 Å². The predicted octanol–water partition coefficient (Wildman–Crippen LogP) is 1.27. The Hall–Kier alpha value is -0.340. The van der Waals surface area contributed by atoms with Gasteiger partial charge in [0.2, 0.25) is 0 Å². The molecule has 1 saturated carbocycles. The average Bonchev–Trinajstić information content (AvgIpc) is 2.57. The summed E-state index contributed by atoms with van der Waals surface area (Å²) in [5, 5.41) is 9.46. The van der Waals surface area contributed by atoms with E-state index >= 15 is 0 Å². The largest absolute Gasteiger partial charge is 0.393 e. The van der Waals surface area contributed by atoms with Gasteiger partial charge in [0, 0.05) is 19.6 Å². The highest BCUT2D eigenvalue weighted by Crippen LogP contribution is 2.37. The van der Waals surface area contributed by atoms with Gasteiger partial charge in [-0.15, -0.1) is 0 Å². The molecule has 2 fully saturated rings. The molecule has 0 amide bonds. The maximum Gasteiger partial charge on any atom is 0.0546 e. The first-order valence-electron chi connectivity index (χ1n) is 5.31. The molecule has 0 aromatic heterocycles. The second kappa shape index (κ2) is 3.81. The van der Waals surface area contributed by atoms with Crippen LogP contribution in [0.25, 0.3) is 0 Å². The van der Waals surface area contributed by atoms with E-state index in [2.05, 4.69) is 24.0 Å². The molecule has 0 aromatic carbocycles. The summed E-state index contributed by atoms with van der Waals surface area (Å²) in [6, 6.07) is 0. The summed E-state index contributed by atoms with van der Waals surface area (Å²) in [7, 11) is 0. The summed E-state index contributed by atoms with van der Waals surface area (Å²) in [5.41, 5.74) is 0. The van der Waals surface area contributed by atoms with Crippen molar-refractivity contribution in [2.45, 2.75) is 25.9 Å². The Balaban J connectivity index is 1.83. The molecule has 0 spiro atoms. The Morgan fingerprint density at radius 3 is 2.46 bits per heavy atom. The van der Waals surface area contributed by atoms with Gasteiger partial charge in [-0.05, 0) is 31.6 Å². The SMILES string of the molecule is C/C=C/CN1CC2CC(O)CC2C1. The Kier molecular flexibility index (Phi) is 2.70. The number of rotatable bonds is 2. The van der Waals surface area contributed by atoms with Crippen LogP contribution >= 0.6 is 0 Å². The Bertz CT molecular complexity index is 188. The van der Waals surface area contributed by atoms with E-state index in [1.165, 1.54) is 13.1 Å². The van der Waals surface area contributed by atoms with Gasteiger partial charge in [0.15, 0.2) is 0 Å². The van der Waals surface area contributed by atoms with Crippen LogP contribution in [-0.2, 0) is 0 Å². The smallest absolute Gasteiger partial charge is 0.0546 e. The molecule has 2 atom stereocenters. The third-order valence-electron chi connectivity index (χ3n) is 3.40. The van der Waals surface area contributed by atoms with Gasteiger partial charge in [-0.2, -0.15) is 0 Å². The molecule has 1 heterocycles. The topological polar surface area (TPSA) is 23.5 Å². The molecular formula is C11H19NO. The lowest BCUT2D eigenvalue weighted by Crippen LogP contribution is -2.23. The first-order chi connectivity index (χ1) is 6.29. The quantitative estimate of drug-likeness (QED) is 0.648. The van der Waals surface area contributed by atoms with Crippen molar-refractivity contribution >= 4 is 0 Å². The maximum atomic E-state index is 9.46. The number of allylic oxidation sites excluding steroid dienone is 1. The van der Waals surface area contributed by atoms with Crippen LogP contribution in [0.5, 0.6) is 0 Å². The zero-order valence-electron chi connectivity index (χ0n) is 8.32. The van der Waals surface area contributed by atoms with Crippen LogP contribution in [0.1, 0.15) is 19.8 Å². The lowest BCUT2D eigenvalue weighted by molar-refractivity contribution is 0.164. The number of aliphatic hydroxyl groups excluding tert-OH is 1. The molecule has 2 aliphatic rings. The third-order valence-corrected chi connectivity index (χ3v) is 3.40. The minimum absolute atomic E-state index is 0.00105. The van der Waals surface area contributed by atoms with Crippen molar-refractivity contribution in [1.82, 2.24) is 4.90 Å². The van der Waals surface area contributed by atoms with Gasteiger partial charge in [0.1, 0.15) is 0 Å². The van der Waals surface area contributed by atoms with E-state index in [0.717, 1.165) is 31.2 Å². The second-order valence-corrected chi connectivity index (χ2v) is 4.43. The number of hydrogen-bond donors (Lipinski definition) is 1. The molecule has 0 radical (unpaired) electrons. The summed E-state index contributed by atoms with van der Waals surface area (Å²) in [4.78, 5) is 2.50. The van der Waals surface area contributed by atoms with E-state index in [9.17, 15) is 5.11 Å². The summed E-state index contributed by atoms with van der Waals surface area (Å²) in [6.45, 7) is 5.57. The normalized spacial score (nSPS) is 40.3. The molecule has 0 bridgehead atoms. The van der Waals surface area contributed by atoms with Crippen molar-refractivity contribution in [3.8, 4) is 0 Å². The first kappa shape index (κ1) is 9.22. The lowest BCUT2D eigenvalue weighted by atomic mass is 10.0. The number of likely N-dealkylation sites (tertiary alicyclic amines) is 1. The monoisotopic (exact) mass is 181 g/mol. The van der Waals surface area contributed by atoms with Crippen LogP contribution in [0.15, 0.2) is 12.2 Å². The van der Waals surface area contributed by atoms with E-state index in [1.54, 1.807) is 0 Å². The summed E-state index contributed by atoms with van der Waals surface area (Å²) >= 11 is 0. The van der Waals surface area contributed by atoms with E-state index < -0.39 is 0 Å². The molecule has 2 unspecified atom stereocenters. The minimum Gasteiger partial charge on any atom is -0.393 e. The van der Waals surface area contributed by atoms with Gasteiger partial charge < -0.3 is 5.11 Å². The highest BCUT2D eigenvalue weighted by atomic mass is 16.3. The van der Waals surface area contributed by atoms with Crippen LogP contribution in [0.4, 0.5) is 0 Å². The maximum absolute atomic E-state index is 9.46. The van der Waals surface area contributed by atoms with E-state index in [0.29, 0.717) is 0 Å². The molecular weight excluding hydrogens is 162 g/mol. The standard InChI is InChI=1S/C11H19NO/c1-2-3-4-12-7-9-5-11(13)6-10(9)8-12/h2-3,9-11,13H,4-8H2,1H3/b3-2+. The van der Waals surface area contributed by atoms with Crippen LogP contribution < -0.4 is 0 Å². The van der Waals surface area contributed by atoms with Gasteiger partial charge in [-0.25, -0.2) is 0 Å². The zero-order valence-corrected chi connectivity index (χ0v) is 8.32. The molecule has 2 heteroatoms. The molecule has 1 aliphatic carbocycles. The van der Waals surface area contributed by atoms with Crippen LogP contribution in [0.3, 0.4) is 0 Å². The van der Waals surface area contributed by atoms with E-state index in [4.69, 9.17) is 0 Å². The fourth-order valence-corrected chi connectivity index (χ4v) is 2.77. The highest BCUT2D eigenvalue weighted by Gasteiger charge is 2.39. The molecule has 1 N–H and O–H groups in total. The molecule has 13 heavy (non-hydrogen) atoms. The zero-order chi connectivity index (χ0) is 9.26. The Morgan fingerprint density at radius 1 is 1.31 bits per heavy atom. The van der Waals surface area contributed by atoms with Gasteiger partial charge >= 0.3 is 0 Å². The van der Waals surface area contributed by atoms with Gasteiger partial charge in [0.05, 0.1) is 6.10 Å². The predicted molar refractivity (Wildman–Crippen MR) is 53.5 cm³/mol. The Labute approximate surface area is 80.2 Å². The highest BCUT2D eigenvalue weighted by molar-refractivity contribution is 4.94. The first-order valence-corrected chi connectivity index (χ1v) is 5.31. The van der Waals surface area contributed by atoms with E-state index in [-0.39, 0.29) is 6.10 Å². The molecule has 1 aliphatic heterocycles. The molecule has 74 valence electrons. The average molecular weight is 181 g/mol. The minimum atomic E-state index is -0.00105. The summed E-state index contributed by atoms with van der Waals surface area (Å²) < 4.78 is 0. The third kappa shape index (κ3) is 1.94. The van der Waals surface area contributed by atoms with Gasteiger partial charge in [0.25, 0.3) is 0 Å². The number of hydrogen-bond acceptors (Lipinski definition) is 2. The summed E-state index contributed by atoms with van der Waals surface area (Å²) in [6.07, 6.45) is 6.41. The van der Waals surface area contributed by atoms with Gasteiger partial charge in [-0.1, -0.05) is 12.2 Å². The van der Waals surface area contributed by atoms with Crippen molar-refractivity contribution in [1.29, 1.82) is 0 Å². The van der Waals surface area contributed by atoms with Crippen molar-refractivity contribution in [3.05, 3.63) is 12.2 Å².